The van der Waals surface area contributed by atoms with Gasteiger partial charge >= 0.3 is 0 Å². The number of carbonyl (C=O) groups is 1. The Morgan fingerprint density at radius 2 is 1.86 bits per heavy atom. The zero-order chi connectivity index (χ0) is 15.6. The maximum absolute atomic E-state index is 13.7. The average molecular weight is 355 g/mol. The summed E-state index contributed by atoms with van der Waals surface area (Å²) in [5, 5.41) is 2.55. The molecule has 2 aromatic rings. The first-order valence-electron chi connectivity index (χ1n) is 6.19. The van der Waals surface area contributed by atoms with E-state index in [-0.39, 0.29) is 4.47 Å². The average Bonchev–Trinajstić information content (AvgIpc) is 2.37. The molecule has 0 saturated heterocycles. The molecule has 6 heteroatoms. The Morgan fingerprint density at radius 1 is 1.24 bits per heavy atom. The van der Waals surface area contributed by atoms with Gasteiger partial charge in [-0.1, -0.05) is 28.1 Å². The molecule has 0 bridgehead atoms. The fraction of sp³-hybridized carbons (Fsp3) is 0.133. The van der Waals surface area contributed by atoms with Gasteiger partial charge in [-0.25, -0.2) is 8.78 Å². The van der Waals surface area contributed by atoms with E-state index in [0.29, 0.717) is 5.69 Å². The highest BCUT2D eigenvalue weighted by atomic mass is 79.9. The predicted octanol–water partition coefficient (Wildman–Crippen LogP) is 3.80. The van der Waals surface area contributed by atoms with E-state index in [9.17, 15) is 13.6 Å². The van der Waals surface area contributed by atoms with Crippen LogP contribution in [0.15, 0.2) is 40.9 Å². The van der Waals surface area contributed by atoms with Crippen molar-refractivity contribution in [2.75, 3.05) is 5.73 Å². The molecule has 0 aliphatic heterocycles. The second-order valence-corrected chi connectivity index (χ2v) is 5.53. The number of nitrogens with one attached hydrogen (secondary N) is 1. The van der Waals surface area contributed by atoms with Crippen LogP contribution in [-0.2, 0) is 0 Å². The number of nitrogens with two attached hydrogens (primary N) is 1. The number of carbonyl (C=O) groups excluding carboxylic acids is 1. The first-order valence-corrected chi connectivity index (χ1v) is 6.98. The summed E-state index contributed by atoms with van der Waals surface area (Å²) in [6, 6.07) is 8.59. The molecule has 110 valence electrons. The molecule has 2 aromatic carbocycles. The molecule has 1 amide bonds. The first-order chi connectivity index (χ1) is 9.88. The Hall–Kier alpha value is -1.95. The molecule has 3 N–H and O–H groups in total. The molecule has 0 radical (unpaired) electrons. The molecule has 0 aliphatic carbocycles. The van der Waals surface area contributed by atoms with Crippen molar-refractivity contribution in [1.29, 1.82) is 0 Å². The van der Waals surface area contributed by atoms with E-state index in [1.54, 1.807) is 31.2 Å². The molecule has 0 aliphatic rings. The lowest BCUT2D eigenvalue weighted by Gasteiger charge is -2.15. The molecule has 0 saturated carbocycles. The van der Waals surface area contributed by atoms with Crippen molar-refractivity contribution in [3.8, 4) is 0 Å². The molecule has 0 heterocycles. The highest BCUT2D eigenvalue weighted by Gasteiger charge is 2.20. The largest absolute Gasteiger partial charge is 0.399 e. The van der Waals surface area contributed by atoms with Crippen LogP contribution in [0.25, 0.3) is 0 Å². The molecule has 1 unspecified atom stereocenters. The molecule has 3 nitrogen and oxygen atoms in total. The number of benzene rings is 2. The third-order valence-corrected chi connectivity index (χ3v) is 3.45. The number of halogens is 3. The third-order valence-electron chi connectivity index (χ3n) is 2.99. The van der Waals surface area contributed by atoms with Crippen molar-refractivity contribution in [2.45, 2.75) is 13.0 Å². The van der Waals surface area contributed by atoms with E-state index in [0.717, 1.165) is 17.7 Å². The molecular weight excluding hydrogens is 342 g/mol. The van der Waals surface area contributed by atoms with Crippen LogP contribution in [0.5, 0.6) is 0 Å². The van der Waals surface area contributed by atoms with E-state index in [4.69, 9.17) is 5.73 Å². The van der Waals surface area contributed by atoms with E-state index < -0.39 is 29.1 Å². The van der Waals surface area contributed by atoms with E-state index in [2.05, 4.69) is 21.2 Å². The Balaban J connectivity index is 2.22. The minimum atomic E-state index is -0.917. The highest BCUT2D eigenvalue weighted by molar-refractivity contribution is 9.10. The van der Waals surface area contributed by atoms with Crippen LogP contribution in [-0.4, -0.2) is 5.91 Å². The number of hydrogen-bond acceptors (Lipinski definition) is 2. The van der Waals surface area contributed by atoms with Crippen molar-refractivity contribution in [3.63, 3.8) is 0 Å². The predicted molar refractivity (Wildman–Crippen MR) is 80.8 cm³/mol. The van der Waals surface area contributed by atoms with Crippen molar-refractivity contribution >= 4 is 27.5 Å². The maximum Gasteiger partial charge on any atom is 0.257 e. The molecule has 0 spiro atoms. The summed E-state index contributed by atoms with van der Waals surface area (Å²) in [5.41, 5.74) is 6.36. The number of amides is 1. The fourth-order valence-electron chi connectivity index (χ4n) is 1.94. The lowest BCUT2D eigenvalue weighted by molar-refractivity contribution is 0.0931. The second kappa shape index (κ2) is 6.22. The van der Waals surface area contributed by atoms with Crippen LogP contribution >= 0.6 is 15.9 Å². The van der Waals surface area contributed by atoms with Gasteiger partial charge in [-0.3, -0.25) is 4.79 Å². The quantitative estimate of drug-likeness (QED) is 0.823. The minimum Gasteiger partial charge on any atom is -0.399 e. The van der Waals surface area contributed by atoms with Crippen LogP contribution in [0.4, 0.5) is 14.5 Å². The van der Waals surface area contributed by atoms with E-state index >= 15 is 0 Å². The van der Waals surface area contributed by atoms with Gasteiger partial charge in [0.25, 0.3) is 5.91 Å². The summed E-state index contributed by atoms with van der Waals surface area (Å²) in [6.45, 7) is 1.71. The Bertz CT molecular complexity index is 668. The van der Waals surface area contributed by atoms with Crippen molar-refractivity contribution in [3.05, 3.63) is 63.6 Å². The zero-order valence-corrected chi connectivity index (χ0v) is 12.7. The number of rotatable bonds is 3. The van der Waals surface area contributed by atoms with E-state index in [1.165, 1.54) is 0 Å². The Labute approximate surface area is 129 Å². The van der Waals surface area contributed by atoms with Gasteiger partial charge in [0, 0.05) is 10.2 Å². The number of anilines is 1. The van der Waals surface area contributed by atoms with Crippen LogP contribution in [0, 0.1) is 11.6 Å². The summed E-state index contributed by atoms with van der Waals surface area (Å²) in [5.74, 6) is -2.65. The molecule has 21 heavy (non-hydrogen) atoms. The van der Waals surface area contributed by atoms with Crippen molar-refractivity contribution in [1.82, 2.24) is 5.32 Å². The minimum absolute atomic E-state index is 0.234. The van der Waals surface area contributed by atoms with Gasteiger partial charge < -0.3 is 11.1 Å². The van der Waals surface area contributed by atoms with E-state index in [1.807, 2.05) is 0 Å². The molecule has 1 atom stereocenters. The normalized spacial score (nSPS) is 12.0. The van der Waals surface area contributed by atoms with Crippen molar-refractivity contribution in [2.24, 2.45) is 0 Å². The standard InChI is InChI=1S/C15H13BrF2N2O/c1-8(9-3-2-4-11(19)5-9)20-15(21)14-12(17)6-10(16)7-13(14)18/h2-8H,19H2,1H3,(H,20,21). The molecular formula is C15H13BrF2N2O. The van der Waals surface area contributed by atoms with Crippen LogP contribution in [0.1, 0.15) is 28.9 Å². The monoisotopic (exact) mass is 354 g/mol. The van der Waals surface area contributed by atoms with Crippen molar-refractivity contribution < 1.29 is 13.6 Å². The summed E-state index contributed by atoms with van der Waals surface area (Å²) in [7, 11) is 0. The Kier molecular flexibility index (Phi) is 4.57. The number of nitrogen functional groups attached to an aromatic ring is 1. The van der Waals surface area contributed by atoms with Gasteiger partial charge in [0.2, 0.25) is 0 Å². The summed E-state index contributed by atoms with van der Waals surface area (Å²) in [6.07, 6.45) is 0. The SMILES string of the molecule is CC(NC(=O)c1c(F)cc(Br)cc1F)c1cccc(N)c1. The smallest absolute Gasteiger partial charge is 0.257 e. The number of hydrogen-bond donors (Lipinski definition) is 2. The maximum atomic E-state index is 13.7. The topological polar surface area (TPSA) is 55.1 Å². The van der Waals surface area contributed by atoms with Gasteiger partial charge in [0.1, 0.15) is 17.2 Å². The molecule has 2 rings (SSSR count). The third kappa shape index (κ3) is 3.58. The lowest BCUT2D eigenvalue weighted by Crippen LogP contribution is -2.28. The summed E-state index contributed by atoms with van der Waals surface area (Å²) >= 11 is 2.97. The Morgan fingerprint density at radius 3 is 2.43 bits per heavy atom. The van der Waals surface area contributed by atoms with Crippen LogP contribution in [0.2, 0.25) is 0 Å². The zero-order valence-electron chi connectivity index (χ0n) is 11.2. The summed E-state index contributed by atoms with van der Waals surface area (Å²) < 4.78 is 27.7. The van der Waals surface area contributed by atoms with Crippen LogP contribution in [0.3, 0.4) is 0 Å². The van der Waals surface area contributed by atoms with Gasteiger partial charge in [-0.15, -0.1) is 0 Å². The summed E-state index contributed by atoms with van der Waals surface area (Å²) in [4.78, 5) is 12.0. The van der Waals surface area contributed by atoms with Gasteiger partial charge in [0.05, 0.1) is 6.04 Å². The van der Waals surface area contributed by atoms with Gasteiger partial charge in [-0.2, -0.15) is 0 Å². The molecule has 0 fully saturated rings. The van der Waals surface area contributed by atoms with Gasteiger partial charge in [-0.05, 0) is 36.8 Å². The highest BCUT2D eigenvalue weighted by Crippen LogP contribution is 2.21. The fourth-order valence-corrected chi connectivity index (χ4v) is 2.34. The molecule has 0 aromatic heterocycles. The first kappa shape index (κ1) is 15.4. The lowest BCUT2D eigenvalue weighted by atomic mass is 10.1. The van der Waals surface area contributed by atoms with Gasteiger partial charge in [0.15, 0.2) is 0 Å². The van der Waals surface area contributed by atoms with Crippen LogP contribution < -0.4 is 11.1 Å². The second-order valence-electron chi connectivity index (χ2n) is 4.61.